The molecule has 8 heteroatoms. The lowest BCUT2D eigenvalue weighted by molar-refractivity contribution is -0.126. The lowest BCUT2D eigenvalue weighted by atomic mass is 9.52. The molecule has 0 spiro atoms. The number of fused-ring (bicyclic) bond motifs is 1. The molecule has 0 fully saturated rings. The molecule has 1 atom stereocenters. The quantitative estimate of drug-likeness (QED) is 0.200. The van der Waals surface area contributed by atoms with Crippen LogP contribution in [0.25, 0.3) is 11.3 Å². The van der Waals surface area contributed by atoms with E-state index in [1.807, 2.05) is 23.6 Å². The summed E-state index contributed by atoms with van der Waals surface area (Å²) in [6, 6.07) is 29.5. The fourth-order valence-electron chi connectivity index (χ4n) is 6.87. The molecule has 0 saturated carbocycles. The van der Waals surface area contributed by atoms with E-state index in [0.717, 1.165) is 6.42 Å². The predicted octanol–water partition coefficient (Wildman–Crippen LogP) is 7.71. The molecule has 8 rings (SSSR count). The van der Waals surface area contributed by atoms with Gasteiger partial charge in [0.05, 0.1) is 25.3 Å². The minimum atomic E-state index is -0.644. The van der Waals surface area contributed by atoms with Gasteiger partial charge in [0.2, 0.25) is 5.91 Å². The fourth-order valence-corrected chi connectivity index (χ4v) is 7.57. The molecule has 44 heavy (non-hydrogen) atoms. The number of ether oxygens (including phenoxy) is 2. The molecule has 0 aliphatic heterocycles. The molecule has 3 aliphatic rings. The number of nitrogens with zero attached hydrogens (tertiary/aromatic N) is 1. The number of carbonyl (C=O) groups is 2. The van der Waals surface area contributed by atoms with Crippen LogP contribution < -0.4 is 20.1 Å². The zero-order chi connectivity index (χ0) is 30.4. The number of hydrogen-bond donors (Lipinski definition) is 2. The summed E-state index contributed by atoms with van der Waals surface area (Å²) in [7, 11) is 3.12. The van der Waals surface area contributed by atoms with Crippen molar-refractivity contribution in [2.45, 2.75) is 25.2 Å². The Morgan fingerprint density at radius 3 is 2.05 bits per heavy atom. The molecule has 1 unspecified atom stereocenters. The molecule has 0 radical (unpaired) electrons. The standard InChI is InChI=1S/C36H31N3O4S/c1-36(19-30-24-10-4-7-13-27(24)32(36)28-14-8-5-11-25(28)30)34(41)39-35-38-31(20-44-35)26-12-6-9-15-29(26)33(40)37-21-16-22(42-2)18-23(17-21)43-3/h4-18,20,30,32H,19H2,1-3H3,(H,37,40)(H,38,39,41). The van der Waals surface area contributed by atoms with Crippen molar-refractivity contribution in [2.24, 2.45) is 5.41 Å². The van der Waals surface area contributed by atoms with Gasteiger partial charge in [-0.15, -0.1) is 11.3 Å². The Balaban J connectivity index is 1.15. The van der Waals surface area contributed by atoms with E-state index in [1.165, 1.54) is 33.6 Å². The summed E-state index contributed by atoms with van der Waals surface area (Å²) in [5.41, 5.74) is 6.75. The van der Waals surface area contributed by atoms with Crippen LogP contribution in [0.3, 0.4) is 0 Å². The average molecular weight is 602 g/mol. The molecule has 2 amide bonds. The average Bonchev–Trinajstić information content (AvgIpc) is 3.53. The molecular formula is C36H31N3O4S. The van der Waals surface area contributed by atoms with Crippen molar-refractivity contribution in [1.82, 2.24) is 4.98 Å². The molecule has 1 aromatic heterocycles. The maximum Gasteiger partial charge on any atom is 0.256 e. The third kappa shape index (κ3) is 4.62. The van der Waals surface area contributed by atoms with E-state index in [-0.39, 0.29) is 23.7 Å². The van der Waals surface area contributed by atoms with Crippen LogP contribution in [0, 0.1) is 5.41 Å². The van der Waals surface area contributed by atoms with Crippen molar-refractivity contribution >= 4 is 34.0 Å². The van der Waals surface area contributed by atoms with Crippen LogP contribution in [0.15, 0.2) is 96.4 Å². The van der Waals surface area contributed by atoms with Crippen LogP contribution in [-0.4, -0.2) is 31.0 Å². The second-order valence-corrected chi connectivity index (χ2v) is 12.3. The molecule has 4 aromatic carbocycles. The molecule has 7 nitrogen and oxygen atoms in total. The van der Waals surface area contributed by atoms with E-state index in [4.69, 9.17) is 14.5 Å². The van der Waals surface area contributed by atoms with E-state index in [0.29, 0.717) is 39.1 Å². The Labute approximate surface area is 259 Å². The SMILES string of the molecule is COc1cc(NC(=O)c2ccccc2-c2csc(NC(=O)C3(C)CC4c5ccccc5C3c3ccccc34)n2)cc(OC)c1. The van der Waals surface area contributed by atoms with E-state index in [1.54, 1.807) is 38.5 Å². The highest BCUT2D eigenvalue weighted by Crippen LogP contribution is 2.61. The predicted molar refractivity (Wildman–Crippen MR) is 173 cm³/mol. The summed E-state index contributed by atoms with van der Waals surface area (Å²) in [4.78, 5) is 32.3. The summed E-state index contributed by atoms with van der Waals surface area (Å²) in [6.07, 6.45) is 0.730. The summed E-state index contributed by atoms with van der Waals surface area (Å²) in [5, 5.41) is 8.46. The van der Waals surface area contributed by atoms with Gasteiger partial charge in [-0.1, -0.05) is 66.7 Å². The minimum absolute atomic E-state index is 0.0426. The maximum atomic E-state index is 14.1. The van der Waals surface area contributed by atoms with E-state index < -0.39 is 5.41 Å². The van der Waals surface area contributed by atoms with Crippen molar-refractivity contribution in [3.8, 4) is 22.8 Å². The van der Waals surface area contributed by atoms with Gasteiger partial charge in [0.1, 0.15) is 11.5 Å². The Bertz CT molecular complexity index is 1850. The number of benzene rings is 4. The first-order valence-electron chi connectivity index (χ1n) is 14.5. The molecule has 5 aromatic rings. The normalized spacial score (nSPS) is 19.4. The molecular weight excluding hydrogens is 570 g/mol. The highest BCUT2D eigenvalue weighted by Gasteiger charge is 2.54. The number of aromatic nitrogens is 1. The van der Waals surface area contributed by atoms with E-state index in [9.17, 15) is 9.59 Å². The number of carbonyl (C=O) groups excluding carboxylic acids is 2. The first-order chi connectivity index (χ1) is 21.4. The van der Waals surface area contributed by atoms with Crippen molar-refractivity contribution in [2.75, 3.05) is 24.9 Å². The summed E-state index contributed by atoms with van der Waals surface area (Å²) in [5.74, 6) is 0.927. The van der Waals surface area contributed by atoms with E-state index in [2.05, 4.69) is 66.1 Å². The van der Waals surface area contributed by atoms with Crippen LogP contribution in [0.4, 0.5) is 10.8 Å². The van der Waals surface area contributed by atoms with Crippen molar-refractivity contribution in [3.63, 3.8) is 0 Å². The number of methoxy groups -OCH3 is 2. The minimum Gasteiger partial charge on any atom is -0.497 e. The largest absolute Gasteiger partial charge is 0.497 e. The van der Waals surface area contributed by atoms with Gasteiger partial charge in [0.15, 0.2) is 5.13 Å². The van der Waals surface area contributed by atoms with Crippen LogP contribution in [0.2, 0.25) is 0 Å². The zero-order valence-electron chi connectivity index (χ0n) is 24.6. The fraction of sp³-hybridized carbons (Fsp3) is 0.194. The van der Waals surface area contributed by atoms with Crippen LogP contribution in [-0.2, 0) is 4.79 Å². The maximum absolute atomic E-state index is 14.1. The molecule has 3 aliphatic carbocycles. The second kappa shape index (κ2) is 11.0. The zero-order valence-corrected chi connectivity index (χ0v) is 25.4. The monoisotopic (exact) mass is 601 g/mol. The second-order valence-electron chi connectivity index (χ2n) is 11.5. The van der Waals surface area contributed by atoms with Gasteiger partial charge >= 0.3 is 0 Å². The number of hydrogen-bond acceptors (Lipinski definition) is 6. The Kier molecular flexibility index (Phi) is 6.94. The van der Waals surface area contributed by atoms with Gasteiger partial charge < -0.3 is 20.1 Å². The summed E-state index contributed by atoms with van der Waals surface area (Å²) < 4.78 is 10.7. The van der Waals surface area contributed by atoms with Crippen molar-refractivity contribution in [3.05, 3.63) is 124 Å². The smallest absolute Gasteiger partial charge is 0.256 e. The van der Waals surface area contributed by atoms with Crippen LogP contribution in [0.1, 0.15) is 57.8 Å². The lowest BCUT2D eigenvalue weighted by Crippen LogP contribution is -2.47. The van der Waals surface area contributed by atoms with Gasteiger partial charge in [-0.05, 0) is 41.7 Å². The topological polar surface area (TPSA) is 89.6 Å². The van der Waals surface area contributed by atoms with E-state index >= 15 is 0 Å². The van der Waals surface area contributed by atoms with Gasteiger partial charge in [0.25, 0.3) is 5.91 Å². The third-order valence-electron chi connectivity index (χ3n) is 8.93. The first kappa shape index (κ1) is 27.9. The Morgan fingerprint density at radius 2 is 1.41 bits per heavy atom. The van der Waals surface area contributed by atoms with Crippen LogP contribution >= 0.6 is 11.3 Å². The molecule has 2 N–H and O–H groups in total. The van der Waals surface area contributed by atoms with Gasteiger partial charge in [-0.2, -0.15) is 0 Å². The summed E-state index contributed by atoms with van der Waals surface area (Å²) in [6.45, 7) is 2.08. The van der Waals surface area contributed by atoms with Gasteiger partial charge in [-0.3, -0.25) is 9.59 Å². The highest BCUT2D eigenvalue weighted by atomic mass is 32.1. The summed E-state index contributed by atoms with van der Waals surface area (Å²) >= 11 is 1.35. The highest BCUT2D eigenvalue weighted by molar-refractivity contribution is 7.14. The van der Waals surface area contributed by atoms with Crippen molar-refractivity contribution < 1.29 is 19.1 Å². The number of nitrogens with one attached hydrogen (secondary N) is 2. The van der Waals surface area contributed by atoms with Gasteiger partial charge in [-0.25, -0.2) is 4.98 Å². The van der Waals surface area contributed by atoms with Crippen molar-refractivity contribution in [1.29, 1.82) is 0 Å². The number of thiazole rings is 1. The molecule has 0 saturated heterocycles. The number of amides is 2. The number of anilines is 2. The van der Waals surface area contributed by atoms with Crippen LogP contribution in [0.5, 0.6) is 11.5 Å². The lowest BCUT2D eigenvalue weighted by Gasteiger charge is -2.50. The third-order valence-corrected chi connectivity index (χ3v) is 9.69. The molecule has 2 bridgehead atoms. The molecule has 220 valence electrons. The Morgan fingerprint density at radius 1 is 0.818 bits per heavy atom. The molecule has 1 heterocycles. The van der Waals surface area contributed by atoms with Gasteiger partial charge in [0, 0.05) is 52.2 Å². The Hall–Kier alpha value is -4.95. The first-order valence-corrected chi connectivity index (χ1v) is 15.4. The number of rotatable bonds is 7.